The summed E-state index contributed by atoms with van der Waals surface area (Å²) in [6, 6.07) is 0. The molecule has 1 aliphatic carbocycles. The average Bonchev–Trinajstić information content (AvgIpc) is 2.64. The molecule has 0 bridgehead atoms. The van der Waals surface area contributed by atoms with E-state index < -0.39 is 0 Å². The summed E-state index contributed by atoms with van der Waals surface area (Å²) in [4.78, 5) is 0. The number of rotatable bonds is 4. The zero-order chi connectivity index (χ0) is 9.41. The Morgan fingerprint density at radius 2 is 2.00 bits per heavy atom. The lowest BCUT2D eigenvalue weighted by atomic mass is 9.80. The van der Waals surface area contributed by atoms with Crippen LogP contribution in [-0.4, -0.2) is 18.4 Å². The lowest BCUT2D eigenvalue weighted by Gasteiger charge is -2.32. The molecule has 0 aromatic heterocycles. The minimum Gasteiger partial charge on any atom is -0.378 e. The minimum absolute atomic E-state index is 0. The van der Waals surface area contributed by atoms with Gasteiger partial charge in [0, 0.05) is 5.41 Å². The molecule has 1 atom stereocenters. The molecule has 0 spiro atoms. The maximum atomic E-state index is 9.67. The third kappa shape index (κ3) is 2.20. The quantitative estimate of drug-likeness (QED) is 0.631. The van der Waals surface area contributed by atoms with E-state index in [-0.39, 0.29) is 11.6 Å². The standard InChI is InChI=1S/C10H21NO/c1-9(2,8(12)11-4)7-10(3)5-6-10/h8,11-12H,5-7H2,1-4H3. The zero-order valence-electron chi connectivity index (χ0n) is 8.65. The Morgan fingerprint density at radius 3 is 2.33 bits per heavy atom. The molecule has 0 aromatic carbocycles. The van der Waals surface area contributed by atoms with Gasteiger partial charge in [0.25, 0.3) is 0 Å². The Hall–Kier alpha value is -0.0800. The monoisotopic (exact) mass is 171 g/mol. The van der Waals surface area contributed by atoms with Gasteiger partial charge in [-0.3, -0.25) is 5.32 Å². The number of aliphatic hydroxyl groups excluding tert-OH is 1. The van der Waals surface area contributed by atoms with Crippen molar-refractivity contribution in [2.24, 2.45) is 10.8 Å². The lowest BCUT2D eigenvalue weighted by Crippen LogP contribution is -2.40. The maximum Gasteiger partial charge on any atom is 0.109 e. The van der Waals surface area contributed by atoms with Crippen LogP contribution in [0.5, 0.6) is 0 Å². The second kappa shape index (κ2) is 3.00. The molecule has 1 saturated carbocycles. The molecular weight excluding hydrogens is 150 g/mol. The summed E-state index contributed by atoms with van der Waals surface area (Å²) in [7, 11) is 1.81. The molecule has 1 rings (SSSR count). The summed E-state index contributed by atoms with van der Waals surface area (Å²) in [5.41, 5.74) is 0.515. The molecule has 0 aromatic rings. The van der Waals surface area contributed by atoms with Gasteiger partial charge in [0.15, 0.2) is 0 Å². The van der Waals surface area contributed by atoms with E-state index in [4.69, 9.17) is 0 Å². The Kier molecular flexibility index (Phi) is 2.50. The first kappa shape index (κ1) is 10.0. The molecule has 72 valence electrons. The van der Waals surface area contributed by atoms with E-state index in [9.17, 15) is 5.11 Å². The van der Waals surface area contributed by atoms with Gasteiger partial charge in [-0.25, -0.2) is 0 Å². The molecule has 1 fully saturated rings. The maximum absolute atomic E-state index is 9.67. The van der Waals surface area contributed by atoms with Crippen molar-refractivity contribution in [3.05, 3.63) is 0 Å². The van der Waals surface area contributed by atoms with E-state index in [0.29, 0.717) is 5.41 Å². The Balaban J connectivity index is 2.47. The molecule has 0 aliphatic heterocycles. The molecule has 1 aliphatic rings. The van der Waals surface area contributed by atoms with Gasteiger partial charge in [-0.05, 0) is 31.7 Å². The predicted molar refractivity (Wildman–Crippen MR) is 50.8 cm³/mol. The van der Waals surface area contributed by atoms with Crippen LogP contribution in [0, 0.1) is 10.8 Å². The van der Waals surface area contributed by atoms with Gasteiger partial charge < -0.3 is 5.11 Å². The molecule has 1 unspecified atom stereocenters. The highest BCUT2D eigenvalue weighted by molar-refractivity contribution is 4.94. The number of hydrogen-bond donors (Lipinski definition) is 2. The van der Waals surface area contributed by atoms with Gasteiger partial charge >= 0.3 is 0 Å². The van der Waals surface area contributed by atoms with Crippen LogP contribution in [0.4, 0.5) is 0 Å². The van der Waals surface area contributed by atoms with Crippen LogP contribution in [0.15, 0.2) is 0 Å². The van der Waals surface area contributed by atoms with Gasteiger partial charge in [-0.1, -0.05) is 20.8 Å². The molecule has 0 saturated heterocycles. The number of aliphatic hydroxyl groups is 1. The Bertz CT molecular complexity index is 161. The van der Waals surface area contributed by atoms with E-state index in [2.05, 4.69) is 26.1 Å². The van der Waals surface area contributed by atoms with Crippen LogP contribution in [0.2, 0.25) is 0 Å². The summed E-state index contributed by atoms with van der Waals surface area (Å²) in [5, 5.41) is 12.6. The van der Waals surface area contributed by atoms with Crippen molar-refractivity contribution in [1.82, 2.24) is 5.32 Å². The molecule has 0 amide bonds. The van der Waals surface area contributed by atoms with Crippen LogP contribution in [0.25, 0.3) is 0 Å². The summed E-state index contributed by atoms with van der Waals surface area (Å²) in [6.07, 6.45) is 3.39. The van der Waals surface area contributed by atoms with Crippen LogP contribution < -0.4 is 5.32 Å². The van der Waals surface area contributed by atoms with E-state index in [1.165, 1.54) is 12.8 Å². The van der Waals surface area contributed by atoms with Gasteiger partial charge in [-0.15, -0.1) is 0 Å². The SMILES string of the molecule is CNC(O)C(C)(C)CC1(C)CC1. The normalized spacial score (nSPS) is 23.8. The fourth-order valence-corrected chi connectivity index (χ4v) is 1.98. The summed E-state index contributed by atoms with van der Waals surface area (Å²) in [6.45, 7) is 6.55. The van der Waals surface area contributed by atoms with Crippen molar-refractivity contribution in [2.75, 3.05) is 7.05 Å². The van der Waals surface area contributed by atoms with Crippen molar-refractivity contribution in [3.8, 4) is 0 Å². The third-order valence-corrected chi connectivity index (χ3v) is 3.00. The zero-order valence-corrected chi connectivity index (χ0v) is 8.65. The first-order valence-corrected chi connectivity index (χ1v) is 4.75. The third-order valence-electron chi connectivity index (χ3n) is 3.00. The van der Waals surface area contributed by atoms with Crippen molar-refractivity contribution >= 4 is 0 Å². The number of nitrogens with one attached hydrogen (secondary N) is 1. The van der Waals surface area contributed by atoms with Gasteiger partial charge in [0.05, 0.1) is 0 Å². The molecule has 2 nitrogen and oxygen atoms in total. The first-order chi connectivity index (χ1) is 5.40. The van der Waals surface area contributed by atoms with Crippen molar-refractivity contribution in [3.63, 3.8) is 0 Å². The van der Waals surface area contributed by atoms with Crippen molar-refractivity contribution in [1.29, 1.82) is 0 Å². The summed E-state index contributed by atoms with van der Waals surface area (Å²) >= 11 is 0. The molecule has 12 heavy (non-hydrogen) atoms. The molecule has 0 heterocycles. The van der Waals surface area contributed by atoms with Crippen LogP contribution in [0.3, 0.4) is 0 Å². The molecule has 0 radical (unpaired) electrons. The second-order valence-electron chi connectivity index (χ2n) is 5.17. The van der Waals surface area contributed by atoms with Crippen molar-refractivity contribution in [2.45, 2.75) is 46.3 Å². The fraction of sp³-hybridized carbons (Fsp3) is 1.00. The smallest absolute Gasteiger partial charge is 0.109 e. The Morgan fingerprint density at radius 1 is 1.50 bits per heavy atom. The van der Waals surface area contributed by atoms with Gasteiger partial charge in [-0.2, -0.15) is 0 Å². The second-order valence-corrected chi connectivity index (χ2v) is 5.17. The fourth-order valence-electron chi connectivity index (χ4n) is 1.98. The largest absolute Gasteiger partial charge is 0.378 e. The van der Waals surface area contributed by atoms with E-state index >= 15 is 0 Å². The average molecular weight is 171 g/mol. The van der Waals surface area contributed by atoms with Crippen LogP contribution >= 0.6 is 0 Å². The van der Waals surface area contributed by atoms with Gasteiger partial charge in [0.2, 0.25) is 0 Å². The number of hydrogen-bond acceptors (Lipinski definition) is 2. The first-order valence-electron chi connectivity index (χ1n) is 4.75. The van der Waals surface area contributed by atoms with E-state index in [1.807, 2.05) is 7.05 Å². The molecule has 2 heteroatoms. The summed E-state index contributed by atoms with van der Waals surface area (Å²) in [5.74, 6) is 0. The van der Waals surface area contributed by atoms with E-state index in [1.54, 1.807) is 0 Å². The lowest BCUT2D eigenvalue weighted by molar-refractivity contribution is 0.0105. The van der Waals surface area contributed by atoms with Crippen molar-refractivity contribution < 1.29 is 5.11 Å². The minimum atomic E-state index is -0.380. The van der Waals surface area contributed by atoms with Crippen LogP contribution in [-0.2, 0) is 0 Å². The van der Waals surface area contributed by atoms with Gasteiger partial charge in [0.1, 0.15) is 6.23 Å². The van der Waals surface area contributed by atoms with E-state index in [0.717, 1.165) is 6.42 Å². The highest BCUT2D eigenvalue weighted by Crippen LogP contribution is 2.53. The topological polar surface area (TPSA) is 32.3 Å². The van der Waals surface area contributed by atoms with Crippen LogP contribution in [0.1, 0.15) is 40.0 Å². The highest BCUT2D eigenvalue weighted by atomic mass is 16.3. The predicted octanol–water partition coefficient (Wildman–Crippen LogP) is 1.74. The molecular formula is C10H21NO. The highest BCUT2D eigenvalue weighted by Gasteiger charge is 2.43. The Labute approximate surface area is 75.4 Å². The summed E-state index contributed by atoms with van der Waals surface area (Å²) < 4.78 is 0. The molecule has 2 N–H and O–H groups in total.